The normalized spacial score (nSPS) is 11.4. The van der Waals surface area contributed by atoms with Crippen molar-refractivity contribution in [3.63, 3.8) is 0 Å². The fraction of sp³-hybridized carbons (Fsp3) is 0.538. The van der Waals surface area contributed by atoms with Gasteiger partial charge >= 0.3 is 0 Å². The van der Waals surface area contributed by atoms with Gasteiger partial charge in [-0.05, 0) is 12.5 Å². The predicted octanol–water partition coefficient (Wildman–Crippen LogP) is 3.85. The third-order valence-electron chi connectivity index (χ3n) is 1.94. The average molecular weight is 194 g/mol. The molecule has 0 saturated heterocycles. The Morgan fingerprint density at radius 3 is 2.21 bits per heavy atom. The van der Waals surface area contributed by atoms with Gasteiger partial charge in [0.05, 0.1) is 6.61 Å². The van der Waals surface area contributed by atoms with Gasteiger partial charge in [0.2, 0.25) is 0 Å². The predicted molar refractivity (Wildman–Crippen MR) is 62.7 cm³/mol. The molecule has 1 rings (SSSR count). The standard InChI is InChI=1S/C11H16O.C2H6/c1-3-12-9-10(2)11-7-5-4-6-8-11;1-2/h4-8,10H,3,9H2,1-2H3;1-2H3. The highest BCUT2D eigenvalue weighted by molar-refractivity contribution is 5.18. The molecule has 0 amide bonds. The number of hydrogen-bond acceptors (Lipinski definition) is 1. The maximum atomic E-state index is 5.35. The Labute approximate surface area is 88.1 Å². The summed E-state index contributed by atoms with van der Waals surface area (Å²) in [5, 5.41) is 0. The van der Waals surface area contributed by atoms with Gasteiger partial charge in [0, 0.05) is 12.5 Å². The molecule has 0 bridgehead atoms. The van der Waals surface area contributed by atoms with Gasteiger partial charge in [-0.25, -0.2) is 0 Å². The van der Waals surface area contributed by atoms with E-state index in [1.807, 2.05) is 26.8 Å². The molecule has 0 heterocycles. The molecule has 1 unspecified atom stereocenters. The quantitative estimate of drug-likeness (QED) is 0.707. The molecular weight excluding hydrogens is 172 g/mol. The zero-order valence-electron chi connectivity index (χ0n) is 9.79. The smallest absolute Gasteiger partial charge is 0.0531 e. The molecule has 0 radical (unpaired) electrons. The summed E-state index contributed by atoms with van der Waals surface area (Å²) in [7, 11) is 0. The van der Waals surface area contributed by atoms with E-state index in [1.54, 1.807) is 0 Å². The van der Waals surface area contributed by atoms with Gasteiger partial charge in [0.15, 0.2) is 0 Å². The van der Waals surface area contributed by atoms with Crippen LogP contribution in [0.3, 0.4) is 0 Å². The zero-order chi connectivity index (χ0) is 10.8. The SMILES string of the molecule is CC.CCOCC(C)c1ccccc1. The molecular formula is C13H22O. The summed E-state index contributed by atoms with van der Waals surface area (Å²) in [5.74, 6) is 0.506. The lowest BCUT2D eigenvalue weighted by Gasteiger charge is -2.10. The van der Waals surface area contributed by atoms with Crippen molar-refractivity contribution < 1.29 is 4.74 Å². The topological polar surface area (TPSA) is 9.23 Å². The maximum absolute atomic E-state index is 5.35. The van der Waals surface area contributed by atoms with Crippen molar-refractivity contribution in [2.45, 2.75) is 33.6 Å². The Balaban J connectivity index is 0.000000791. The largest absolute Gasteiger partial charge is 0.381 e. The van der Waals surface area contributed by atoms with Crippen LogP contribution >= 0.6 is 0 Å². The molecule has 0 fully saturated rings. The highest BCUT2D eigenvalue weighted by atomic mass is 16.5. The van der Waals surface area contributed by atoms with Gasteiger partial charge in [0.25, 0.3) is 0 Å². The number of ether oxygens (including phenoxy) is 1. The van der Waals surface area contributed by atoms with Crippen molar-refractivity contribution in [3.05, 3.63) is 35.9 Å². The van der Waals surface area contributed by atoms with E-state index in [-0.39, 0.29) is 0 Å². The van der Waals surface area contributed by atoms with E-state index in [1.165, 1.54) is 5.56 Å². The molecule has 0 saturated carbocycles. The first-order chi connectivity index (χ1) is 6.84. The molecule has 1 aromatic carbocycles. The first-order valence-corrected chi connectivity index (χ1v) is 5.47. The van der Waals surface area contributed by atoms with Gasteiger partial charge in [-0.15, -0.1) is 0 Å². The minimum Gasteiger partial charge on any atom is -0.381 e. The molecule has 1 aromatic rings. The Kier molecular flexibility index (Phi) is 8.25. The number of benzene rings is 1. The minimum atomic E-state index is 0.506. The second-order valence-corrected chi connectivity index (χ2v) is 2.97. The summed E-state index contributed by atoms with van der Waals surface area (Å²) in [6.07, 6.45) is 0. The first kappa shape index (κ1) is 13.2. The van der Waals surface area contributed by atoms with Gasteiger partial charge < -0.3 is 4.74 Å². The van der Waals surface area contributed by atoms with Crippen LogP contribution < -0.4 is 0 Å². The first-order valence-electron chi connectivity index (χ1n) is 5.47. The molecule has 1 atom stereocenters. The second-order valence-electron chi connectivity index (χ2n) is 2.97. The van der Waals surface area contributed by atoms with E-state index in [0.717, 1.165) is 13.2 Å². The van der Waals surface area contributed by atoms with Crippen LogP contribution in [0.2, 0.25) is 0 Å². The molecule has 1 nitrogen and oxygen atoms in total. The third kappa shape index (κ3) is 5.03. The molecule has 0 spiro atoms. The van der Waals surface area contributed by atoms with Crippen molar-refractivity contribution in [2.75, 3.05) is 13.2 Å². The molecule has 80 valence electrons. The summed E-state index contributed by atoms with van der Waals surface area (Å²) >= 11 is 0. The Hall–Kier alpha value is -0.820. The molecule has 0 N–H and O–H groups in total. The van der Waals surface area contributed by atoms with Crippen LogP contribution in [0.4, 0.5) is 0 Å². The molecule has 0 aliphatic heterocycles. The highest BCUT2D eigenvalue weighted by Crippen LogP contribution is 2.14. The van der Waals surface area contributed by atoms with Crippen LogP contribution in [-0.2, 0) is 4.74 Å². The molecule has 1 heteroatoms. The minimum absolute atomic E-state index is 0.506. The van der Waals surface area contributed by atoms with Gasteiger partial charge in [-0.1, -0.05) is 51.1 Å². The van der Waals surface area contributed by atoms with E-state index in [9.17, 15) is 0 Å². The third-order valence-corrected chi connectivity index (χ3v) is 1.94. The van der Waals surface area contributed by atoms with Crippen molar-refractivity contribution in [1.82, 2.24) is 0 Å². The van der Waals surface area contributed by atoms with Crippen molar-refractivity contribution in [2.24, 2.45) is 0 Å². The van der Waals surface area contributed by atoms with Crippen molar-refractivity contribution in [3.8, 4) is 0 Å². The lowest BCUT2D eigenvalue weighted by atomic mass is 10.0. The summed E-state index contributed by atoms with van der Waals surface area (Å²) in [6, 6.07) is 10.5. The summed E-state index contributed by atoms with van der Waals surface area (Å²) in [5.41, 5.74) is 1.35. The summed E-state index contributed by atoms with van der Waals surface area (Å²) in [6.45, 7) is 9.83. The number of rotatable bonds is 4. The summed E-state index contributed by atoms with van der Waals surface area (Å²) < 4.78 is 5.35. The van der Waals surface area contributed by atoms with E-state index in [0.29, 0.717) is 5.92 Å². The highest BCUT2D eigenvalue weighted by Gasteiger charge is 2.02. The van der Waals surface area contributed by atoms with Crippen LogP contribution in [0.5, 0.6) is 0 Å². The Morgan fingerprint density at radius 2 is 1.71 bits per heavy atom. The van der Waals surface area contributed by atoms with E-state index >= 15 is 0 Å². The zero-order valence-corrected chi connectivity index (χ0v) is 9.79. The van der Waals surface area contributed by atoms with Crippen LogP contribution in [0.15, 0.2) is 30.3 Å². The molecule has 0 aromatic heterocycles. The molecule has 0 aliphatic carbocycles. The molecule has 14 heavy (non-hydrogen) atoms. The van der Waals surface area contributed by atoms with Crippen LogP contribution in [-0.4, -0.2) is 13.2 Å². The fourth-order valence-corrected chi connectivity index (χ4v) is 1.17. The Bertz CT molecular complexity index is 206. The average Bonchev–Trinajstić information content (AvgIpc) is 2.30. The van der Waals surface area contributed by atoms with Gasteiger partial charge in [-0.2, -0.15) is 0 Å². The summed E-state index contributed by atoms with van der Waals surface area (Å²) in [4.78, 5) is 0. The van der Waals surface area contributed by atoms with Gasteiger partial charge in [0.1, 0.15) is 0 Å². The number of hydrogen-bond donors (Lipinski definition) is 0. The van der Waals surface area contributed by atoms with E-state index < -0.39 is 0 Å². The Morgan fingerprint density at radius 1 is 1.14 bits per heavy atom. The van der Waals surface area contributed by atoms with Crippen molar-refractivity contribution >= 4 is 0 Å². The van der Waals surface area contributed by atoms with Crippen LogP contribution in [0.25, 0.3) is 0 Å². The molecule has 0 aliphatic rings. The van der Waals surface area contributed by atoms with E-state index in [4.69, 9.17) is 4.74 Å². The van der Waals surface area contributed by atoms with Crippen molar-refractivity contribution in [1.29, 1.82) is 0 Å². The maximum Gasteiger partial charge on any atom is 0.0531 e. The van der Waals surface area contributed by atoms with Gasteiger partial charge in [-0.3, -0.25) is 0 Å². The lowest BCUT2D eigenvalue weighted by Crippen LogP contribution is -2.03. The van der Waals surface area contributed by atoms with E-state index in [2.05, 4.69) is 31.2 Å². The van der Waals surface area contributed by atoms with Crippen LogP contribution in [0.1, 0.15) is 39.2 Å². The van der Waals surface area contributed by atoms with Crippen LogP contribution in [0, 0.1) is 0 Å². The monoisotopic (exact) mass is 194 g/mol. The second kappa shape index (κ2) is 8.76. The fourth-order valence-electron chi connectivity index (χ4n) is 1.17. The lowest BCUT2D eigenvalue weighted by molar-refractivity contribution is 0.136.